The molecule has 7 nitrogen and oxygen atoms in total. The number of carbonyl (C=O) groups excluding carboxylic acids is 1. The minimum atomic E-state index is -0.456. The lowest BCUT2D eigenvalue weighted by molar-refractivity contribution is 0.0234. The van der Waals surface area contributed by atoms with E-state index in [9.17, 15) is 4.79 Å². The molecule has 2 aliphatic carbocycles. The zero-order valence-electron chi connectivity index (χ0n) is 20.8. The predicted octanol–water partition coefficient (Wildman–Crippen LogP) is 4.79. The monoisotopic (exact) mass is 472 g/mol. The van der Waals surface area contributed by atoms with Crippen molar-refractivity contribution in [3.8, 4) is 5.88 Å². The van der Waals surface area contributed by atoms with Crippen LogP contribution in [0, 0.1) is 5.92 Å². The van der Waals surface area contributed by atoms with E-state index in [2.05, 4.69) is 19.9 Å². The molecule has 4 heterocycles. The van der Waals surface area contributed by atoms with Crippen LogP contribution in [0.5, 0.6) is 5.88 Å². The summed E-state index contributed by atoms with van der Waals surface area (Å²) in [6, 6.07) is 5.83. The number of nitrogens with two attached hydrogens (primary N) is 1. The Morgan fingerprint density at radius 2 is 1.91 bits per heavy atom. The Hall–Kier alpha value is -3.06. The number of nitrogens with zero attached hydrogens (tertiary/aromatic N) is 3. The third-order valence-electron chi connectivity index (χ3n) is 8.09. The van der Waals surface area contributed by atoms with Gasteiger partial charge in [0.05, 0.1) is 16.6 Å². The predicted molar refractivity (Wildman–Crippen MR) is 132 cm³/mol. The SMILES string of the molecule is C[C@@H]1c2nc(Cc3cc4c([C@@](C)(N)C5CC5)cnc(OC5(C)CC5)c4cn3)ccc2C(=O)O[C@@H]1C. The maximum Gasteiger partial charge on any atom is 0.340 e. The molecule has 0 aromatic carbocycles. The molecule has 35 heavy (non-hydrogen) atoms. The number of cyclic esters (lactones) is 1. The third-order valence-corrected chi connectivity index (χ3v) is 8.09. The molecule has 0 saturated heterocycles. The molecule has 0 spiro atoms. The van der Waals surface area contributed by atoms with Crippen molar-refractivity contribution in [3.63, 3.8) is 0 Å². The second-order valence-corrected chi connectivity index (χ2v) is 11.1. The smallest absolute Gasteiger partial charge is 0.340 e. The van der Waals surface area contributed by atoms with Crippen LogP contribution in [-0.2, 0) is 16.7 Å². The maximum absolute atomic E-state index is 12.3. The second-order valence-electron chi connectivity index (χ2n) is 11.1. The zero-order chi connectivity index (χ0) is 24.5. The average molecular weight is 473 g/mol. The fraction of sp³-hybridized carbons (Fsp3) is 0.500. The number of fused-ring (bicyclic) bond motifs is 2. The molecule has 0 bridgehead atoms. The first-order chi connectivity index (χ1) is 16.6. The maximum atomic E-state index is 12.3. The lowest BCUT2D eigenvalue weighted by atomic mass is 9.86. The molecule has 0 unspecified atom stereocenters. The first-order valence-electron chi connectivity index (χ1n) is 12.6. The highest BCUT2D eigenvalue weighted by Gasteiger charge is 2.43. The Kier molecular flexibility index (Phi) is 4.94. The summed E-state index contributed by atoms with van der Waals surface area (Å²) in [6.45, 7) is 8.18. The van der Waals surface area contributed by atoms with E-state index in [0.717, 1.165) is 59.1 Å². The Bertz CT molecular complexity index is 1340. The summed E-state index contributed by atoms with van der Waals surface area (Å²) in [5.74, 6) is 0.833. The van der Waals surface area contributed by atoms with Crippen molar-refractivity contribution in [1.82, 2.24) is 15.0 Å². The van der Waals surface area contributed by atoms with E-state index < -0.39 is 5.54 Å². The summed E-state index contributed by atoms with van der Waals surface area (Å²) in [7, 11) is 0. The van der Waals surface area contributed by atoms with Crippen LogP contribution in [0.25, 0.3) is 10.8 Å². The number of aromatic nitrogens is 3. The van der Waals surface area contributed by atoms with Gasteiger partial charge in [-0.15, -0.1) is 0 Å². The van der Waals surface area contributed by atoms with Gasteiger partial charge in [0.25, 0.3) is 0 Å². The Balaban J connectivity index is 1.40. The molecule has 3 atom stereocenters. The van der Waals surface area contributed by atoms with Gasteiger partial charge in [-0.25, -0.2) is 9.78 Å². The summed E-state index contributed by atoms with van der Waals surface area (Å²) >= 11 is 0. The normalized spacial score (nSPS) is 24.4. The van der Waals surface area contributed by atoms with Crippen molar-refractivity contribution in [1.29, 1.82) is 0 Å². The summed E-state index contributed by atoms with van der Waals surface area (Å²) in [5, 5.41) is 1.95. The van der Waals surface area contributed by atoms with Crippen molar-refractivity contribution >= 4 is 16.7 Å². The van der Waals surface area contributed by atoms with Gasteiger partial charge in [-0.2, -0.15) is 0 Å². The van der Waals surface area contributed by atoms with Crippen molar-refractivity contribution in [2.45, 2.75) is 83.0 Å². The van der Waals surface area contributed by atoms with Crippen LogP contribution in [0.15, 0.2) is 30.6 Å². The standard InChI is InChI=1S/C28H32N4O3/c1-15-16(2)34-26(33)20-8-7-18(32-24(15)20)11-19-12-21-22(13-30-19)25(35-27(3)9-10-27)31-14-23(21)28(4,29)17-5-6-17/h7-8,12-17H,5-6,9-11,29H2,1-4H3/t15-,16+,28-/m0/s1. The Labute approximate surface area is 205 Å². The second kappa shape index (κ2) is 7.72. The Morgan fingerprint density at radius 3 is 2.63 bits per heavy atom. The number of ether oxygens (including phenoxy) is 2. The molecule has 0 amide bonds. The van der Waals surface area contributed by atoms with Crippen LogP contribution in [-0.4, -0.2) is 32.6 Å². The van der Waals surface area contributed by atoms with Gasteiger partial charge in [0.2, 0.25) is 5.88 Å². The lowest BCUT2D eigenvalue weighted by Crippen LogP contribution is -2.35. The van der Waals surface area contributed by atoms with Gasteiger partial charge in [-0.3, -0.25) is 9.97 Å². The van der Waals surface area contributed by atoms with E-state index in [0.29, 0.717) is 23.8 Å². The minimum Gasteiger partial charge on any atom is -0.471 e. The molecule has 2 saturated carbocycles. The quantitative estimate of drug-likeness (QED) is 0.515. The number of esters is 1. The van der Waals surface area contributed by atoms with E-state index >= 15 is 0 Å². The molecular weight excluding hydrogens is 440 g/mol. The molecule has 1 aliphatic heterocycles. The van der Waals surface area contributed by atoms with Crippen LogP contribution < -0.4 is 10.5 Å². The summed E-state index contributed by atoms with van der Waals surface area (Å²) in [5.41, 5.74) is 10.4. The zero-order valence-corrected chi connectivity index (χ0v) is 20.8. The number of pyridine rings is 3. The molecule has 3 aromatic heterocycles. The van der Waals surface area contributed by atoms with Crippen LogP contribution in [0.1, 0.15) is 92.3 Å². The van der Waals surface area contributed by atoms with Gasteiger partial charge >= 0.3 is 5.97 Å². The molecular formula is C28H32N4O3. The molecule has 2 N–H and O–H groups in total. The van der Waals surface area contributed by atoms with Crippen molar-refractivity contribution in [2.75, 3.05) is 0 Å². The molecule has 7 heteroatoms. The number of carbonyl (C=O) groups is 1. The molecule has 6 rings (SSSR count). The third kappa shape index (κ3) is 3.96. The van der Waals surface area contributed by atoms with E-state index in [1.807, 2.05) is 38.4 Å². The summed E-state index contributed by atoms with van der Waals surface area (Å²) in [4.78, 5) is 26.6. The van der Waals surface area contributed by atoms with Crippen LogP contribution in [0.2, 0.25) is 0 Å². The highest BCUT2D eigenvalue weighted by molar-refractivity contribution is 5.92. The fourth-order valence-corrected chi connectivity index (χ4v) is 5.05. The highest BCUT2D eigenvalue weighted by atomic mass is 16.5. The van der Waals surface area contributed by atoms with Gasteiger partial charge in [0.15, 0.2) is 0 Å². The number of hydrogen-bond acceptors (Lipinski definition) is 7. The van der Waals surface area contributed by atoms with E-state index in [-0.39, 0.29) is 23.6 Å². The highest BCUT2D eigenvalue weighted by Crippen LogP contribution is 2.47. The van der Waals surface area contributed by atoms with Crippen molar-refractivity contribution in [3.05, 3.63) is 58.8 Å². The number of hydrogen-bond donors (Lipinski definition) is 1. The van der Waals surface area contributed by atoms with Crippen LogP contribution in [0.4, 0.5) is 0 Å². The van der Waals surface area contributed by atoms with Gasteiger partial charge < -0.3 is 15.2 Å². The van der Waals surface area contributed by atoms with Gasteiger partial charge in [0.1, 0.15) is 11.7 Å². The first-order valence-corrected chi connectivity index (χ1v) is 12.6. The molecule has 3 aromatic rings. The molecule has 3 aliphatic rings. The van der Waals surface area contributed by atoms with Crippen LogP contribution >= 0.6 is 0 Å². The van der Waals surface area contributed by atoms with E-state index in [1.165, 1.54) is 0 Å². The molecule has 182 valence electrons. The minimum absolute atomic E-state index is 0.0462. The van der Waals surface area contributed by atoms with Gasteiger partial charge in [-0.05, 0) is 81.5 Å². The number of rotatable bonds is 6. The topological polar surface area (TPSA) is 100 Å². The van der Waals surface area contributed by atoms with Gasteiger partial charge in [-0.1, -0.05) is 6.92 Å². The van der Waals surface area contributed by atoms with E-state index in [1.54, 1.807) is 0 Å². The molecule has 0 radical (unpaired) electrons. The first kappa shape index (κ1) is 22.4. The Morgan fingerprint density at radius 1 is 1.14 bits per heavy atom. The summed E-state index contributed by atoms with van der Waals surface area (Å²) < 4.78 is 11.7. The molecule has 2 fully saturated rings. The average Bonchev–Trinajstić information content (AvgIpc) is 3.74. The van der Waals surface area contributed by atoms with Crippen LogP contribution in [0.3, 0.4) is 0 Å². The van der Waals surface area contributed by atoms with Crippen molar-refractivity contribution < 1.29 is 14.3 Å². The fourth-order valence-electron chi connectivity index (χ4n) is 5.05. The largest absolute Gasteiger partial charge is 0.471 e. The van der Waals surface area contributed by atoms with E-state index in [4.69, 9.17) is 30.2 Å². The summed E-state index contributed by atoms with van der Waals surface area (Å²) in [6.07, 6.45) is 8.48. The van der Waals surface area contributed by atoms with Gasteiger partial charge in [0, 0.05) is 41.7 Å². The lowest BCUT2D eigenvalue weighted by Gasteiger charge is -2.27. The van der Waals surface area contributed by atoms with Crippen molar-refractivity contribution in [2.24, 2.45) is 11.7 Å².